The first-order valence-electron chi connectivity index (χ1n) is 7.42. The Hall–Kier alpha value is -2.13. The van der Waals surface area contributed by atoms with Crippen LogP contribution in [0.15, 0.2) is 54.6 Å². The lowest BCUT2D eigenvalue weighted by molar-refractivity contribution is 0.0986. The van der Waals surface area contributed by atoms with Gasteiger partial charge in [0.05, 0.1) is 0 Å². The fraction of sp³-hybridized carbons (Fsp3) is 0.278. The van der Waals surface area contributed by atoms with Crippen LogP contribution in [0.1, 0.15) is 35.7 Å². The number of rotatable bonds is 6. The lowest BCUT2D eigenvalue weighted by Gasteiger charge is -2.23. The van der Waals surface area contributed by atoms with Gasteiger partial charge in [0.15, 0.2) is 0 Å². The second-order valence-electron chi connectivity index (χ2n) is 5.05. The third-order valence-electron chi connectivity index (χ3n) is 3.46. The van der Waals surface area contributed by atoms with Crippen LogP contribution in [0.25, 0.3) is 0 Å². The first kappa shape index (κ1) is 15.3. The molecule has 21 heavy (non-hydrogen) atoms. The highest BCUT2D eigenvalue weighted by Crippen LogP contribution is 2.18. The van der Waals surface area contributed by atoms with Gasteiger partial charge in [-0.05, 0) is 36.2 Å². The molecule has 0 unspecified atom stereocenters. The van der Waals surface area contributed by atoms with Crippen molar-refractivity contribution in [2.24, 2.45) is 5.73 Å². The number of hydrogen-bond acceptors (Lipinski definition) is 2. The van der Waals surface area contributed by atoms with Crippen LogP contribution in [-0.4, -0.2) is 12.5 Å². The maximum absolute atomic E-state index is 12.8. The number of para-hydroxylation sites is 1. The molecule has 0 saturated heterocycles. The zero-order valence-electron chi connectivity index (χ0n) is 12.5. The fourth-order valence-electron chi connectivity index (χ4n) is 2.26. The Balaban J connectivity index is 2.29. The van der Waals surface area contributed by atoms with Gasteiger partial charge in [-0.3, -0.25) is 4.79 Å². The molecule has 0 atom stereocenters. The van der Waals surface area contributed by atoms with Gasteiger partial charge in [0.1, 0.15) is 0 Å². The summed E-state index contributed by atoms with van der Waals surface area (Å²) in [7, 11) is 0. The van der Waals surface area contributed by atoms with Crippen molar-refractivity contribution in [1.29, 1.82) is 0 Å². The first-order valence-corrected chi connectivity index (χ1v) is 7.42. The van der Waals surface area contributed by atoms with Crippen molar-refractivity contribution >= 4 is 11.6 Å². The van der Waals surface area contributed by atoms with Crippen molar-refractivity contribution in [3.63, 3.8) is 0 Å². The summed E-state index contributed by atoms with van der Waals surface area (Å²) in [5.41, 5.74) is 8.27. The Kier molecular flexibility index (Phi) is 5.52. The second-order valence-corrected chi connectivity index (χ2v) is 5.05. The van der Waals surface area contributed by atoms with Crippen molar-refractivity contribution in [3.8, 4) is 0 Å². The molecule has 1 amide bonds. The molecule has 0 aromatic heterocycles. The predicted octanol–water partition coefficient (Wildman–Crippen LogP) is 3.59. The number of nitrogens with two attached hydrogens (primary N) is 1. The highest BCUT2D eigenvalue weighted by molar-refractivity contribution is 6.06. The topological polar surface area (TPSA) is 46.3 Å². The van der Waals surface area contributed by atoms with E-state index in [9.17, 15) is 4.79 Å². The minimum Gasteiger partial charge on any atom is -0.326 e. The monoisotopic (exact) mass is 282 g/mol. The molecule has 0 aliphatic rings. The summed E-state index contributed by atoms with van der Waals surface area (Å²) in [6.07, 6.45) is 2.04. The van der Waals surface area contributed by atoms with Crippen LogP contribution in [0.4, 0.5) is 5.69 Å². The summed E-state index contributed by atoms with van der Waals surface area (Å²) >= 11 is 0. The molecular weight excluding hydrogens is 260 g/mol. The third-order valence-corrected chi connectivity index (χ3v) is 3.46. The highest BCUT2D eigenvalue weighted by atomic mass is 16.2. The van der Waals surface area contributed by atoms with Gasteiger partial charge in [-0.2, -0.15) is 0 Å². The maximum Gasteiger partial charge on any atom is 0.258 e. The van der Waals surface area contributed by atoms with Crippen molar-refractivity contribution < 1.29 is 4.79 Å². The lowest BCUT2D eigenvalue weighted by Crippen LogP contribution is -2.32. The maximum atomic E-state index is 12.8. The average molecular weight is 282 g/mol. The molecule has 0 radical (unpaired) electrons. The molecule has 2 aromatic rings. The minimum atomic E-state index is 0.0324. The van der Waals surface area contributed by atoms with E-state index in [1.165, 1.54) is 0 Å². The number of nitrogens with zero attached hydrogens (tertiary/aromatic N) is 1. The van der Waals surface area contributed by atoms with E-state index in [0.29, 0.717) is 12.1 Å². The Labute approximate surface area is 126 Å². The molecule has 2 aromatic carbocycles. The first-order chi connectivity index (χ1) is 10.3. The smallest absolute Gasteiger partial charge is 0.258 e. The molecule has 0 aliphatic heterocycles. The van der Waals surface area contributed by atoms with E-state index < -0.39 is 0 Å². The Bertz CT molecular complexity index is 581. The van der Waals surface area contributed by atoms with Gasteiger partial charge >= 0.3 is 0 Å². The Morgan fingerprint density at radius 2 is 1.86 bits per heavy atom. The number of benzene rings is 2. The average Bonchev–Trinajstić information content (AvgIpc) is 2.56. The number of amides is 1. The van der Waals surface area contributed by atoms with E-state index in [1.807, 2.05) is 59.5 Å². The van der Waals surface area contributed by atoms with Gasteiger partial charge in [-0.15, -0.1) is 0 Å². The number of carbonyl (C=O) groups excluding carboxylic acids is 1. The van der Waals surface area contributed by atoms with E-state index in [0.717, 1.165) is 30.6 Å². The summed E-state index contributed by atoms with van der Waals surface area (Å²) in [5, 5.41) is 0. The quantitative estimate of drug-likeness (QED) is 0.880. The van der Waals surface area contributed by atoms with Gasteiger partial charge in [0.25, 0.3) is 5.91 Å². The molecule has 0 heterocycles. The minimum absolute atomic E-state index is 0.0324. The predicted molar refractivity (Wildman–Crippen MR) is 87.4 cm³/mol. The second kappa shape index (κ2) is 7.60. The zero-order valence-corrected chi connectivity index (χ0v) is 12.5. The van der Waals surface area contributed by atoms with Crippen LogP contribution in [0.2, 0.25) is 0 Å². The molecule has 3 nitrogen and oxygen atoms in total. The van der Waals surface area contributed by atoms with Crippen LogP contribution in [-0.2, 0) is 6.54 Å². The zero-order chi connectivity index (χ0) is 15.1. The summed E-state index contributed by atoms with van der Waals surface area (Å²) in [6.45, 7) is 3.30. The largest absolute Gasteiger partial charge is 0.326 e. The van der Waals surface area contributed by atoms with Gasteiger partial charge < -0.3 is 10.6 Å². The van der Waals surface area contributed by atoms with E-state index in [4.69, 9.17) is 5.73 Å². The highest BCUT2D eigenvalue weighted by Gasteiger charge is 2.17. The van der Waals surface area contributed by atoms with Crippen LogP contribution in [0, 0.1) is 0 Å². The lowest BCUT2D eigenvalue weighted by atomic mass is 10.1. The summed E-state index contributed by atoms with van der Waals surface area (Å²) in [5.74, 6) is 0.0324. The molecular formula is C18H22N2O. The summed E-state index contributed by atoms with van der Waals surface area (Å²) < 4.78 is 0. The van der Waals surface area contributed by atoms with Gasteiger partial charge in [-0.25, -0.2) is 0 Å². The molecule has 0 bridgehead atoms. The number of carbonyl (C=O) groups is 1. The number of unbranched alkanes of at least 4 members (excludes halogenated alkanes) is 1. The fourth-order valence-corrected chi connectivity index (χ4v) is 2.26. The van der Waals surface area contributed by atoms with Gasteiger partial charge in [-0.1, -0.05) is 43.7 Å². The van der Waals surface area contributed by atoms with Gasteiger partial charge in [0, 0.05) is 24.3 Å². The Morgan fingerprint density at radius 1 is 1.10 bits per heavy atom. The molecule has 0 fully saturated rings. The molecule has 3 heteroatoms. The third kappa shape index (κ3) is 3.92. The van der Waals surface area contributed by atoms with Crippen LogP contribution in [0.3, 0.4) is 0 Å². The van der Waals surface area contributed by atoms with E-state index in [-0.39, 0.29) is 5.91 Å². The van der Waals surface area contributed by atoms with Crippen molar-refractivity contribution in [2.45, 2.75) is 26.3 Å². The summed E-state index contributed by atoms with van der Waals surface area (Å²) in [6, 6.07) is 17.4. The van der Waals surface area contributed by atoms with Crippen LogP contribution < -0.4 is 10.6 Å². The number of anilines is 1. The molecule has 2 N–H and O–H groups in total. The van der Waals surface area contributed by atoms with Crippen molar-refractivity contribution in [3.05, 3.63) is 65.7 Å². The SMILES string of the molecule is CCCCN(C(=O)c1cccc(CN)c1)c1ccccc1. The number of hydrogen-bond donors (Lipinski definition) is 1. The van der Waals surface area contributed by atoms with Crippen LogP contribution >= 0.6 is 0 Å². The molecule has 0 spiro atoms. The Morgan fingerprint density at radius 3 is 2.52 bits per heavy atom. The normalized spacial score (nSPS) is 10.4. The van der Waals surface area contributed by atoms with Gasteiger partial charge in [0.2, 0.25) is 0 Å². The molecule has 0 aliphatic carbocycles. The van der Waals surface area contributed by atoms with Crippen molar-refractivity contribution in [1.82, 2.24) is 0 Å². The van der Waals surface area contributed by atoms with Crippen molar-refractivity contribution in [2.75, 3.05) is 11.4 Å². The molecule has 0 saturated carbocycles. The standard InChI is InChI=1S/C18H22N2O/c1-2-3-12-20(17-10-5-4-6-11-17)18(21)16-9-7-8-15(13-16)14-19/h4-11,13H,2-3,12,14,19H2,1H3. The molecule has 110 valence electrons. The summed E-state index contributed by atoms with van der Waals surface area (Å²) in [4.78, 5) is 14.7. The molecule has 2 rings (SSSR count). The van der Waals surface area contributed by atoms with E-state index in [1.54, 1.807) is 0 Å². The van der Waals surface area contributed by atoms with E-state index >= 15 is 0 Å². The van der Waals surface area contributed by atoms with E-state index in [2.05, 4.69) is 6.92 Å². The van der Waals surface area contributed by atoms with Crippen LogP contribution in [0.5, 0.6) is 0 Å².